The highest BCUT2D eigenvalue weighted by atomic mass is 16.1. The molecule has 0 aliphatic carbocycles. The average molecular weight is 176 g/mol. The van der Waals surface area contributed by atoms with Gasteiger partial charge in [0.1, 0.15) is 6.33 Å². The second-order valence-corrected chi connectivity index (χ2v) is 2.85. The molecule has 0 spiro atoms. The quantitative estimate of drug-likeness (QED) is 0.598. The van der Waals surface area contributed by atoms with Crippen LogP contribution in [-0.4, -0.2) is 25.6 Å². The standard InChI is InChI=1S/C8H8N4O/c1-5-3-7(6(2)13)8-10-9-4-12(8)11-5/h3-4H,1-2H3. The molecule has 0 radical (unpaired) electrons. The summed E-state index contributed by atoms with van der Waals surface area (Å²) in [5.41, 5.74) is 1.85. The molecule has 0 aromatic carbocycles. The first-order valence-electron chi connectivity index (χ1n) is 3.87. The maximum absolute atomic E-state index is 11.2. The second-order valence-electron chi connectivity index (χ2n) is 2.85. The Bertz CT molecular complexity index is 474. The minimum atomic E-state index is -0.0245. The zero-order valence-electron chi connectivity index (χ0n) is 7.35. The number of Topliss-reactive ketones (excluding diaryl/α,β-unsaturated/α-hetero) is 1. The van der Waals surface area contributed by atoms with Crippen LogP contribution in [0.2, 0.25) is 0 Å². The molecule has 0 N–H and O–H groups in total. The smallest absolute Gasteiger partial charge is 0.188 e. The molecule has 0 bridgehead atoms. The molecule has 0 aliphatic rings. The molecular weight excluding hydrogens is 168 g/mol. The Labute approximate surface area is 74.4 Å². The van der Waals surface area contributed by atoms with E-state index in [-0.39, 0.29) is 5.78 Å². The Balaban J connectivity index is 2.84. The number of hydrogen-bond acceptors (Lipinski definition) is 4. The van der Waals surface area contributed by atoms with E-state index in [0.717, 1.165) is 5.69 Å². The predicted octanol–water partition coefficient (Wildman–Crippen LogP) is 0.635. The lowest BCUT2D eigenvalue weighted by Gasteiger charge is -1.98. The van der Waals surface area contributed by atoms with Gasteiger partial charge >= 0.3 is 0 Å². The van der Waals surface area contributed by atoms with Crippen LogP contribution in [0.1, 0.15) is 23.0 Å². The maximum Gasteiger partial charge on any atom is 0.188 e. The van der Waals surface area contributed by atoms with Crippen LogP contribution in [0.4, 0.5) is 0 Å². The first-order valence-corrected chi connectivity index (χ1v) is 3.87. The van der Waals surface area contributed by atoms with Gasteiger partial charge in [0.05, 0.1) is 11.3 Å². The fraction of sp³-hybridized carbons (Fsp3) is 0.250. The number of rotatable bonds is 1. The van der Waals surface area contributed by atoms with Crippen molar-refractivity contribution in [2.45, 2.75) is 13.8 Å². The number of aryl methyl sites for hydroxylation is 1. The van der Waals surface area contributed by atoms with E-state index in [1.54, 1.807) is 6.07 Å². The van der Waals surface area contributed by atoms with Gasteiger partial charge in [-0.1, -0.05) is 0 Å². The first kappa shape index (κ1) is 7.85. The monoisotopic (exact) mass is 176 g/mol. The zero-order valence-corrected chi connectivity index (χ0v) is 7.35. The highest BCUT2D eigenvalue weighted by molar-refractivity contribution is 5.99. The van der Waals surface area contributed by atoms with Gasteiger partial charge in [0.25, 0.3) is 0 Å². The second kappa shape index (κ2) is 2.62. The van der Waals surface area contributed by atoms with Crippen LogP contribution in [-0.2, 0) is 0 Å². The van der Waals surface area contributed by atoms with Crippen molar-refractivity contribution in [1.29, 1.82) is 0 Å². The SMILES string of the molecule is CC(=O)c1cc(C)nn2cnnc12. The van der Waals surface area contributed by atoms with Crippen molar-refractivity contribution in [1.82, 2.24) is 19.8 Å². The van der Waals surface area contributed by atoms with Crippen molar-refractivity contribution in [3.63, 3.8) is 0 Å². The van der Waals surface area contributed by atoms with E-state index in [0.29, 0.717) is 11.2 Å². The summed E-state index contributed by atoms with van der Waals surface area (Å²) in [5, 5.41) is 11.6. The van der Waals surface area contributed by atoms with Gasteiger partial charge in [-0.25, -0.2) is 0 Å². The summed E-state index contributed by atoms with van der Waals surface area (Å²) in [6.45, 7) is 3.33. The van der Waals surface area contributed by atoms with Gasteiger partial charge in [-0.05, 0) is 19.9 Å². The lowest BCUT2D eigenvalue weighted by atomic mass is 10.2. The molecule has 5 nitrogen and oxygen atoms in total. The molecule has 2 rings (SSSR count). The van der Waals surface area contributed by atoms with Crippen LogP contribution in [0.5, 0.6) is 0 Å². The molecule has 0 unspecified atom stereocenters. The van der Waals surface area contributed by atoms with E-state index in [1.165, 1.54) is 17.8 Å². The highest BCUT2D eigenvalue weighted by Crippen LogP contribution is 2.08. The van der Waals surface area contributed by atoms with E-state index >= 15 is 0 Å². The molecule has 5 heteroatoms. The van der Waals surface area contributed by atoms with Gasteiger partial charge in [0.15, 0.2) is 11.4 Å². The Morgan fingerprint density at radius 3 is 3.00 bits per heavy atom. The van der Waals surface area contributed by atoms with Crippen molar-refractivity contribution >= 4 is 11.4 Å². The van der Waals surface area contributed by atoms with E-state index in [4.69, 9.17) is 0 Å². The van der Waals surface area contributed by atoms with Crippen LogP contribution in [0, 0.1) is 6.92 Å². The number of fused-ring (bicyclic) bond motifs is 1. The molecule has 2 heterocycles. The molecule has 0 saturated heterocycles. The van der Waals surface area contributed by atoms with Gasteiger partial charge in [-0.3, -0.25) is 4.79 Å². The van der Waals surface area contributed by atoms with Crippen molar-refractivity contribution in [3.05, 3.63) is 23.7 Å². The Morgan fingerprint density at radius 1 is 1.54 bits per heavy atom. The fourth-order valence-electron chi connectivity index (χ4n) is 1.21. The van der Waals surface area contributed by atoms with Crippen LogP contribution in [0.3, 0.4) is 0 Å². The first-order chi connectivity index (χ1) is 6.18. The topological polar surface area (TPSA) is 60.2 Å². The van der Waals surface area contributed by atoms with Gasteiger partial charge in [0, 0.05) is 0 Å². The summed E-state index contributed by atoms with van der Waals surface area (Å²) in [7, 11) is 0. The largest absolute Gasteiger partial charge is 0.294 e. The van der Waals surface area contributed by atoms with E-state index < -0.39 is 0 Å². The average Bonchev–Trinajstić information content (AvgIpc) is 2.49. The van der Waals surface area contributed by atoms with Gasteiger partial charge in [-0.15, -0.1) is 10.2 Å². The third kappa shape index (κ3) is 1.18. The Hall–Kier alpha value is -1.78. The summed E-state index contributed by atoms with van der Waals surface area (Å²) in [6.07, 6.45) is 1.48. The molecule has 2 aromatic rings. The number of aromatic nitrogens is 4. The third-order valence-electron chi connectivity index (χ3n) is 1.77. The van der Waals surface area contributed by atoms with Crippen molar-refractivity contribution in [2.75, 3.05) is 0 Å². The van der Waals surface area contributed by atoms with Crippen LogP contribution in [0.15, 0.2) is 12.4 Å². The van der Waals surface area contributed by atoms with Gasteiger partial charge in [-0.2, -0.15) is 9.61 Å². The molecule has 66 valence electrons. The highest BCUT2D eigenvalue weighted by Gasteiger charge is 2.09. The minimum Gasteiger partial charge on any atom is -0.294 e. The van der Waals surface area contributed by atoms with Gasteiger partial charge < -0.3 is 0 Å². The molecule has 0 fully saturated rings. The van der Waals surface area contributed by atoms with Crippen molar-refractivity contribution in [2.24, 2.45) is 0 Å². The van der Waals surface area contributed by atoms with Crippen LogP contribution >= 0.6 is 0 Å². The molecule has 0 amide bonds. The lowest BCUT2D eigenvalue weighted by molar-refractivity contribution is 0.101. The Morgan fingerprint density at radius 2 is 2.31 bits per heavy atom. The number of hydrogen-bond donors (Lipinski definition) is 0. The molecule has 0 saturated carbocycles. The molecule has 13 heavy (non-hydrogen) atoms. The zero-order chi connectivity index (χ0) is 9.42. The van der Waals surface area contributed by atoms with E-state index in [9.17, 15) is 4.79 Å². The number of ketones is 1. The molecular formula is C8H8N4O. The summed E-state index contributed by atoms with van der Waals surface area (Å²) in [5.74, 6) is -0.0245. The summed E-state index contributed by atoms with van der Waals surface area (Å²) < 4.78 is 1.51. The van der Waals surface area contributed by atoms with Crippen molar-refractivity contribution < 1.29 is 4.79 Å². The van der Waals surface area contributed by atoms with Gasteiger partial charge in [0.2, 0.25) is 0 Å². The van der Waals surface area contributed by atoms with E-state index in [1.807, 2.05) is 6.92 Å². The Kier molecular flexibility index (Phi) is 1.58. The minimum absolute atomic E-state index is 0.0245. The summed E-state index contributed by atoms with van der Waals surface area (Å²) >= 11 is 0. The molecule has 2 aromatic heterocycles. The third-order valence-corrected chi connectivity index (χ3v) is 1.77. The van der Waals surface area contributed by atoms with E-state index in [2.05, 4.69) is 15.3 Å². The predicted molar refractivity (Wildman–Crippen MR) is 45.5 cm³/mol. The number of carbonyl (C=O) groups is 1. The lowest BCUT2D eigenvalue weighted by Crippen LogP contribution is -2.02. The number of carbonyl (C=O) groups excluding carboxylic acids is 1. The summed E-state index contributed by atoms with van der Waals surface area (Å²) in [6, 6.07) is 1.71. The fourth-order valence-corrected chi connectivity index (χ4v) is 1.21. The van der Waals surface area contributed by atoms with Crippen molar-refractivity contribution in [3.8, 4) is 0 Å². The maximum atomic E-state index is 11.2. The van der Waals surface area contributed by atoms with Crippen LogP contribution < -0.4 is 0 Å². The summed E-state index contributed by atoms with van der Waals surface area (Å²) in [4.78, 5) is 11.2. The molecule has 0 aliphatic heterocycles. The normalized spacial score (nSPS) is 10.6. The number of nitrogens with zero attached hydrogens (tertiary/aromatic N) is 4. The van der Waals surface area contributed by atoms with Crippen LogP contribution in [0.25, 0.3) is 5.65 Å². The molecule has 0 atom stereocenters.